The molecule has 0 atom stereocenters. The van der Waals surface area contributed by atoms with Crippen molar-refractivity contribution in [1.82, 2.24) is 4.98 Å². The Balaban J connectivity index is 1.99. The van der Waals surface area contributed by atoms with Crippen LogP contribution in [0, 0.1) is 0 Å². The third-order valence-electron chi connectivity index (χ3n) is 2.22. The predicted octanol–water partition coefficient (Wildman–Crippen LogP) is 4.38. The summed E-state index contributed by atoms with van der Waals surface area (Å²) in [7, 11) is 0. The number of aromatic amines is 1. The molecule has 1 N–H and O–H groups in total. The summed E-state index contributed by atoms with van der Waals surface area (Å²) in [6.45, 7) is 0. The van der Waals surface area contributed by atoms with Gasteiger partial charge in [0.05, 0.1) is 10.2 Å². The highest BCUT2D eigenvalue weighted by Gasteiger charge is 2.05. The van der Waals surface area contributed by atoms with Crippen LogP contribution in [0.1, 0.15) is 0 Å². The summed E-state index contributed by atoms with van der Waals surface area (Å²) in [6, 6.07) is 12.6. The van der Waals surface area contributed by atoms with Gasteiger partial charge in [-0.2, -0.15) is 0 Å². The van der Waals surface area contributed by atoms with Crippen molar-refractivity contribution in [3.05, 3.63) is 48.0 Å². The van der Waals surface area contributed by atoms with E-state index in [4.69, 9.17) is 0 Å². The second kappa shape index (κ2) is 3.76. The van der Waals surface area contributed by atoms with Crippen molar-refractivity contribution < 1.29 is 0 Å². The normalized spacial score (nSPS) is 10.9. The van der Waals surface area contributed by atoms with Crippen molar-refractivity contribution in [2.75, 3.05) is 0 Å². The van der Waals surface area contributed by atoms with Crippen molar-refractivity contribution in [3.8, 4) is 0 Å². The van der Waals surface area contributed by atoms with Crippen LogP contribution >= 0.6 is 23.1 Å². The van der Waals surface area contributed by atoms with Crippen molar-refractivity contribution in [1.29, 1.82) is 0 Å². The number of hydrogen-bond donors (Lipinski definition) is 1. The highest BCUT2D eigenvalue weighted by atomic mass is 32.2. The Morgan fingerprint density at radius 2 is 1.93 bits per heavy atom. The summed E-state index contributed by atoms with van der Waals surface area (Å²) < 4.78 is 1.35. The average molecular weight is 231 g/mol. The van der Waals surface area contributed by atoms with E-state index in [1.54, 1.807) is 11.3 Å². The maximum absolute atomic E-state index is 3.28. The highest BCUT2D eigenvalue weighted by molar-refractivity contribution is 7.99. The minimum absolute atomic E-state index is 1.23. The van der Waals surface area contributed by atoms with Gasteiger partial charge >= 0.3 is 0 Å². The molecule has 0 spiro atoms. The van der Waals surface area contributed by atoms with Crippen LogP contribution in [0.25, 0.3) is 10.2 Å². The van der Waals surface area contributed by atoms with Gasteiger partial charge < -0.3 is 4.98 Å². The summed E-state index contributed by atoms with van der Waals surface area (Å²) >= 11 is 3.60. The van der Waals surface area contributed by atoms with Gasteiger partial charge in [-0.05, 0) is 23.6 Å². The van der Waals surface area contributed by atoms with Gasteiger partial charge in [0, 0.05) is 16.0 Å². The summed E-state index contributed by atoms with van der Waals surface area (Å²) in [4.78, 5) is 5.87. The number of H-pyrrole nitrogens is 1. The number of benzene rings is 1. The van der Waals surface area contributed by atoms with Gasteiger partial charge in [-0.1, -0.05) is 30.0 Å². The number of thiophene rings is 1. The molecule has 74 valence electrons. The van der Waals surface area contributed by atoms with E-state index in [0.717, 1.165) is 0 Å². The van der Waals surface area contributed by atoms with Gasteiger partial charge in [-0.3, -0.25) is 0 Å². The molecule has 0 aliphatic rings. The van der Waals surface area contributed by atoms with Crippen LogP contribution < -0.4 is 0 Å². The van der Waals surface area contributed by atoms with Crippen LogP contribution in [0.2, 0.25) is 0 Å². The van der Waals surface area contributed by atoms with Crippen LogP contribution in [0.4, 0.5) is 0 Å². The van der Waals surface area contributed by atoms with E-state index in [9.17, 15) is 0 Å². The molecule has 0 bridgehead atoms. The minimum atomic E-state index is 1.23. The highest BCUT2D eigenvalue weighted by Crippen LogP contribution is 2.35. The van der Waals surface area contributed by atoms with Crippen molar-refractivity contribution in [3.63, 3.8) is 0 Å². The molecular weight excluding hydrogens is 222 g/mol. The van der Waals surface area contributed by atoms with Gasteiger partial charge in [-0.15, -0.1) is 11.3 Å². The Labute approximate surface area is 96.1 Å². The molecule has 2 heterocycles. The Hall–Kier alpha value is -1.19. The van der Waals surface area contributed by atoms with E-state index in [1.165, 1.54) is 20.0 Å². The van der Waals surface area contributed by atoms with Gasteiger partial charge in [0.25, 0.3) is 0 Å². The quantitative estimate of drug-likeness (QED) is 0.692. The summed E-state index contributed by atoms with van der Waals surface area (Å²) in [6.07, 6.45) is 2.08. The number of nitrogens with one attached hydrogen (secondary N) is 1. The number of aromatic nitrogens is 1. The fourth-order valence-electron chi connectivity index (χ4n) is 1.51. The smallest absolute Gasteiger partial charge is 0.0659 e. The molecule has 0 amide bonds. The zero-order valence-electron chi connectivity index (χ0n) is 7.94. The van der Waals surface area contributed by atoms with Crippen LogP contribution in [0.15, 0.2) is 57.8 Å². The monoisotopic (exact) mass is 231 g/mol. The van der Waals surface area contributed by atoms with Crippen LogP contribution in [-0.2, 0) is 0 Å². The molecule has 0 radical (unpaired) electrons. The van der Waals surface area contributed by atoms with Crippen LogP contribution in [-0.4, -0.2) is 4.98 Å². The van der Waals surface area contributed by atoms with E-state index in [-0.39, 0.29) is 0 Å². The molecule has 0 saturated heterocycles. The van der Waals surface area contributed by atoms with Gasteiger partial charge in [0.1, 0.15) is 0 Å². The van der Waals surface area contributed by atoms with Gasteiger partial charge in [-0.25, -0.2) is 0 Å². The lowest BCUT2D eigenvalue weighted by Crippen LogP contribution is -1.68. The first-order chi connectivity index (χ1) is 7.43. The lowest BCUT2D eigenvalue weighted by Gasteiger charge is -1.97. The second-order valence-corrected chi connectivity index (χ2v) is 5.26. The first-order valence-electron chi connectivity index (χ1n) is 4.71. The molecule has 0 aliphatic heterocycles. The summed E-state index contributed by atoms with van der Waals surface area (Å²) in [5.41, 5.74) is 1.23. The van der Waals surface area contributed by atoms with Crippen molar-refractivity contribution in [2.45, 2.75) is 9.79 Å². The zero-order chi connectivity index (χ0) is 10.1. The van der Waals surface area contributed by atoms with E-state index < -0.39 is 0 Å². The van der Waals surface area contributed by atoms with Crippen molar-refractivity contribution >= 4 is 33.3 Å². The van der Waals surface area contributed by atoms with E-state index >= 15 is 0 Å². The molecule has 0 fully saturated rings. The molecule has 0 saturated carbocycles. The summed E-state index contributed by atoms with van der Waals surface area (Å²) in [5, 5.41) is 2.12. The Bertz CT molecular complexity index is 565. The largest absolute Gasteiger partial charge is 0.359 e. The zero-order valence-corrected chi connectivity index (χ0v) is 9.57. The number of hydrogen-bond acceptors (Lipinski definition) is 2. The fraction of sp³-hybridized carbons (Fsp3) is 0. The maximum atomic E-state index is 3.28. The molecule has 0 aliphatic carbocycles. The second-order valence-electron chi connectivity index (χ2n) is 3.23. The lowest BCUT2D eigenvalue weighted by atomic mass is 10.4. The molecule has 3 rings (SSSR count). The first-order valence-corrected chi connectivity index (χ1v) is 6.40. The molecule has 15 heavy (non-hydrogen) atoms. The molecule has 3 aromatic rings. The van der Waals surface area contributed by atoms with Crippen LogP contribution in [0.3, 0.4) is 0 Å². The van der Waals surface area contributed by atoms with Crippen molar-refractivity contribution in [2.24, 2.45) is 0 Å². The molecule has 1 aromatic carbocycles. The lowest BCUT2D eigenvalue weighted by molar-refractivity contribution is 1.39. The molecule has 1 nitrogen and oxygen atoms in total. The van der Waals surface area contributed by atoms with Crippen LogP contribution in [0.5, 0.6) is 0 Å². The molecule has 2 aromatic heterocycles. The van der Waals surface area contributed by atoms with Gasteiger partial charge in [0.2, 0.25) is 0 Å². The third kappa shape index (κ3) is 1.68. The van der Waals surface area contributed by atoms with E-state index in [1.807, 2.05) is 17.8 Å². The molecule has 0 unspecified atom stereocenters. The number of rotatable bonds is 2. The minimum Gasteiger partial charge on any atom is -0.359 e. The fourth-order valence-corrected chi connectivity index (χ4v) is 3.42. The third-order valence-corrected chi connectivity index (χ3v) is 4.35. The predicted molar refractivity (Wildman–Crippen MR) is 66.7 cm³/mol. The topological polar surface area (TPSA) is 15.8 Å². The summed E-state index contributed by atoms with van der Waals surface area (Å²) in [5.74, 6) is 0. The molecule has 3 heteroatoms. The standard InChI is InChI=1S/C12H9NS2/c1-2-4-9(5-3-1)15-11-8-13-10-6-7-14-12(10)11/h1-8,13H. The van der Waals surface area contributed by atoms with E-state index in [0.29, 0.717) is 0 Å². The average Bonchev–Trinajstić information content (AvgIpc) is 2.85. The number of fused-ring (bicyclic) bond motifs is 1. The molecular formula is C12H9NS2. The SMILES string of the molecule is c1ccc(Sc2c[nH]c3ccsc23)cc1. The Kier molecular flexibility index (Phi) is 2.27. The Morgan fingerprint density at radius 1 is 1.07 bits per heavy atom. The van der Waals surface area contributed by atoms with Gasteiger partial charge in [0.15, 0.2) is 0 Å². The first kappa shape index (κ1) is 9.07. The Morgan fingerprint density at radius 3 is 2.80 bits per heavy atom. The maximum Gasteiger partial charge on any atom is 0.0659 e. The van der Waals surface area contributed by atoms with E-state index in [2.05, 4.69) is 46.9 Å².